The summed E-state index contributed by atoms with van der Waals surface area (Å²) in [6, 6.07) is 15.6. The lowest BCUT2D eigenvalue weighted by atomic mass is 9.97. The van der Waals surface area contributed by atoms with Gasteiger partial charge in [0.2, 0.25) is 11.8 Å². The Labute approximate surface area is 191 Å². The van der Waals surface area contributed by atoms with Crippen molar-refractivity contribution in [3.8, 4) is 0 Å². The number of carbonyl (C=O) groups excluding carboxylic acids is 2. The molecule has 6 nitrogen and oxygen atoms in total. The van der Waals surface area contributed by atoms with Crippen molar-refractivity contribution in [2.45, 2.75) is 38.6 Å². The third-order valence-corrected chi connectivity index (χ3v) is 6.91. The highest BCUT2D eigenvalue weighted by Crippen LogP contribution is 2.36. The van der Waals surface area contributed by atoms with Crippen molar-refractivity contribution in [2.75, 3.05) is 11.9 Å². The number of hydrogen-bond acceptors (Lipinski definition) is 5. The van der Waals surface area contributed by atoms with Gasteiger partial charge < -0.3 is 15.6 Å². The fourth-order valence-electron chi connectivity index (χ4n) is 4.01. The minimum Gasteiger partial charge on any atom is -0.337 e. The molecule has 32 heavy (non-hydrogen) atoms. The number of fused-ring (bicyclic) bond motifs is 1. The van der Waals surface area contributed by atoms with Gasteiger partial charge in [0.1, 0.15) is 5.00 Å². The number of carbonyl (C=O) groups is 2. The number of nitrogens with one attached hydrogen (secondary N) is 2. The summed E-state index contributed by atoms with van der Waals surface area (Å²) in [4.78, 5) is 32.6. The second-order valence-electron chi connectivity index (χ2n) is 8.02. The predicted octanol–water partition coefficient (Wildman–Crippen LogP) is 4.40. The number of hydrogen-bond donors (Lipinski definition) is 2. The number of nitrogens with zero attached hydrogens (tertiary/aromatic N) is 2. The molecule has 0 fully saturated rings. The minimum atomic E-state index is -0.0638. The van der Waals surface area contributed by atoms with Crippen LogP contribution >= 0.6 is 11.3 Å². The van der Waals surface area contributed by atoms with Crippen molar-refractivity contribution in [1.82, 2.24) is 9.88 Å². The second-order valence-corrected chi connectivity index (χ2v) is 9.12. The summed E-state index contributed by atoms with van der Waals surface area (Å²) in [5.41, 5.74) is 3.72. The predicted molar refractivity (Wildman–Crippen MR) is 127 cm³/mol. The van der Waals surface area contributed by atoms with E-state index in [4.69, 9.17) is 5.41 Å². The largest absolute Gasteiger partial charge is 0.337 e. The number of aromatic nitrogens is 1. The van der Waals surface area contributed by atoms with E-state index in [1.807, 2.05) is 60.4 Å². The van der Waals surface area contributed by atoms with Crippen LogP contribution in [0, 0.1) is 5.41 Å². The Balaban J connectivity index is 1.43. The molecule has 0 bridgehead atoms. The van der Waals surface area contributed by atoms with Gasteiger partial charge in [-0.1, -0.05) is 43.3 Å². The zero-order valence-corrected chi connectivity index (χ0v) is 18.8. The van der Waals surface area contributed by atoms with Crippen LogP contribution in [0.25, 0.3) is 0 Å². The highest BCUT2D eigenvalue weighted by molar-refractivity contribution is 7.16. The molecule has 1 aliphatic heterocycles. The zero-order chi connectivity index (χ0) is 22.5. The van der Waals surface area contributed by atoms with E-state index < -0.39 is 0 Å². The van der Waals surface area contributed by atoms with E-state index in [1.54, 1.807) is 6.20 Å². The van der Waals surface area contributed by atoms with Crippen LogP contribution in [0.2, 0.25) is 0 Å². The first-order valence-electron chi connectivity index (χ1n) is 10.7. The highest BCUT2D eigenvalue weighted by atomic mass is 32.1. The van der Waals surface area contributed by atoms with Crippen molar-refractivity contribution in [2.24, 2.45) is 0 Å². The maximum absolute atomic E-state index is 12.7. The van der Waals surface area contributed by atoms with Gasteiger partial charge in [0.05, 0.1) is 13.0 Å². The molecule has 1 atom stereocenters. The number of rotatable bonds is 7. The first-order valence-corrected chi connectivity index (χ1v) is 11.5. The molecule has 0 aliphatic carbocycles. The van der Waals surface area contributed by atoms with E-state index in [9.17, 15) is 9.59 Å². The molecule has 0 saturated heterocycles. The SMILES string of the molecule is CC(CC(=O)Nc1sc2c(c1C=N)CCN(C(=O)Cc1ccccn1)C2)c1ccccc1. The second kappa shape index (κ2) is 9.87. The van der Waals surface area contributed by atoms with Gasteiger partial charge >= 0.3 is 0 Å². The lowest BCUT2D eigenvalue weighted by Crippen LogP contribution is -2.36. The Morgan fingerprint density at radius 1 is 1.22 bits per heavy atom. The van der Waals surface area contributed by atoms with E-state index in [2.05, 4.69) is 10.3 Å². The quantitative estimate of drug-likeness (QED) is 0.528. The lowest BCUT2D eigenvalue weighted by Gasteiger charge is -2.27. The van der Waals surface area contributed by atoms with Crippen LogP contribution in [-0.4, -0.2) is 34.5 Å². The maximum atomic E-state index is 12.7. The van der Waals surface area contributed by atoms with Gasteiger partial charge in [0.15, 0.2) is 0 Å². The number of anilines is 1. The molecule has 2 amide bonds. The Hall–Kier alpha value is -3.32. The standard InChI is InChI=1S/C25H26N4O2S/c1-17(18-7-3-2-4-8-18)13-23(30)28-25-21(15-26)20-10-12-29(16-22(20)32-25)24(31)14-19-9-5-6-11-27-19/h2-9,11,15,17,26H,10,12-14,16H2,1H3,(H,28,30). The summed E-state index contributed by atoms with van der Waals surface area (Å²) in [6.45, 7) is 3.15. The van der Waals surface area contributed by atoms with Gasteiger partial charge in [-0.3, -0.25) is 14.6 Å². The molecule has 0 radical (unpaired) electrons. The molecule has 3 heterocycles. The number of pyridine rings is 1. The van der Waals surface area contributed by atoms with Crippen molar-refractivity contribution in [3.63, 3.8) is 0 Å². The molecule has 164 valence electrons. The van der Waals surface area contributed by atoms with Crippen molar-refractivity contribution in [1.29, 1.82) is 5.41 Å². The average Bonchev–Trinajstić information content (AvgIpc) is 3.16. The third kappa shape index (κ3) is 4.94. The number of amides is 2. The maximum Gasteiger partial charge on any atom is 0.228 e. The molecule has 1 aromatic carbocycles. The van der Waals surface area contributed by atoms with Crippen LogP contribution in [0.5, 0.6) is 0 Å². The highest BCUT2D eigenvalue weighted by Gasteiger charge is 2.27. The minimum absolute atomic E-state index is 0.0430. The van der Waals surface area contributed by atoms with E-state index in [0.717, 1.165) is 27.3 Å². The smallest absolute Gasteiger partial charge is 0.228 e. The van der Waals surface area contributed by atoms with Gasteiger partial charge in [0.25, 0.3) is 0 Å². The van der Waals surface area contributed by atoms with Gasteiger partial charge in [-0.25, -0.2) is 0 Å². The van der Waals surface area contributed by atoms with Crippen LogP contribution in [0.15, 0.2) is 54.7 Å². The Morgan fingerprint density at radius 3 is 2.72 bits per heavy atom. The van der Waals surface area contributed by atoms with Gasteiger partial charge in [-0.05, 0) is 35.6 Å². The van der Waals surface area contributed by atoms with Crippen LogP contribution in [0.4, 0.5) is 5.00 Å². The summed E-state index contributed by atoms with van der Waals surface area (Å²) < 4.78 is 0. The Morgan fingerprint density at radius 2 is 2.00 bits per heavy atom. The van der Waals surface area contributed by atoms with Crippen molar-refractivity contribution < 1.29 is 9.59 Å². The zero-order valence-electron chi connectivity index (χ0n) is 18.0. The van der Waals surface area contributed by atoms with E-state index in [-0.39, 0.29) is 24.2 Å². The van der Waals surface area contributed by atoms with Gasteiger partial charge in [-0.2, -0.15) is 0 Å². The first kappa shape index (κ1) is 21.9. The molecule has 0 saturated carbocycles. The summed E-state index contributed by atoms with van der Waals surface area (Å²) >= 11 is 1.47. The molecule has 2 N–H and O–H groups in total. The molecule has 3 aromatic rings. The average molecular weight is 447 g/mol. The monoisotopic (exact) mass is 446 g/mol. The van der Waals surface area contributed by atoms with Crippen molar-refractivity contribution in [3.05, 3.63) is 82.0 Å². The number of thiophene rings is 1. The van der Waals surface area contributed by atoms with E-state index in [0.29, 0.717) is 30.9 Å². The summed E-state index contributed by atoms with van der Waals surface area (Å²) in [5, 5.41) is 11.6. The topological polar surface area (TPSA) is 86.2 Å². The van der Waals surface area contributed by atoms with E-state index >= 15 is 0 Å². The van der Waals surface area contributed by atoms with Crippen molar-refractivity contribution >= 4 is 34.4 Å². The first-order chi connectivity index (χ1) is 15.5. The van der Waals surface area contributed by atoms with Crippen LogP contribution in [0.3, 0.4) is 0 Å². The Kier molecular flexibility index (Phi) is 6.75. The van der Waals surface area contributed by atoms with Gasteiger partial charge in [-0.15, -0.1) is 11.3 Å². The molecule has 1 unspecified atom stereocenters. The lowest BCUT2D eigenvalue weighted by molar-refractivity contribution is -0.131. The molecule has 4 rings (SSSR count). The van der Waals surface area contributed by atoms with E-state index in [1.165, 1.54) is 17.6 Å². The van der Waals surface area contributed by atoms with Gasteiger partial charge in [0, 0.05) is 41.5 Å². The van der Waals surface area contributed by atoms with Crippen LogP contribution in [0.1, 0.15) is 46.5 Å². The number of benzene rings is 1. The Bertz CT molecular complexity index is 1110. The summed E-state index contributed by atoms with van der Waals surface area (Å²) in [6.07, 6.45) is 4.34. The van der Waals surface area contributed by atoms with Crippen LogP contribution < -0.4 is 5.32 Å². The third-order valence-electron chi connectivity index (χ3n) is 5.77. The molecule has 7 heteroatoms. The fourth-order valence-corrected chi connectivity index (χ4v) is 5.27. The molecular weight excluding hydrogens is 420 g/mol. The molecule has 0 spiro atoms. The van der Waals surface area contributed by atoms with Crippen LogP contribution in [-0.2, 0) is 29.0 Å². The summed E-state index contributed by atoms with van der Waals surface area (Å²) in [5.74, 6) is 0.0847. The normalized spacial score (nSPS) is 13.8. The fraction of sp³-hybridized carbons (Fsp3) is 0.280. The molecule has 1 aliphatic rings. The summed E-state index contributed by atoms with van der Waals surface area (Å²) in [7, 11) is 0. The molecule has 2 aromatic heterocycles. The molecular formula is C25H26N4O2S.